The summed E-state index contributed by atoms with van der Waals surface area (Å²) in [6.45, 7) is 1.72. The number of benzene rings is 2. The van der Waals surface area contributed by atoms with Crippen molar-refractivity contribution >= 4 is 23.4 Å². The van der Waals surface area contributed by atoms with Crippen LogP contribution in [0, 0.1) is 0 Å². The Hall–Kier alpha value is -3.15. The number of anilines is 1. The van der Waals surface area contributed by atoms with E-state index in [1.54, 1.807) is 31.2 Å². The number of hydrogen-bond acceptors (Lipinski definition) is 5. The Morgan fingerprint density at radius 2 is 1.61 bits per heavy atom. The second-order valence-electron chi connectivity index (χ2n) is 4.74. The molecule has 2 aromatic carbocycles. The van der Waals surface area contributed by atoms with E-state index in [0.29, 0.717) is 11.3 Å². The van der Waals surface area contributed by atoms with Crippen molar-refractivity contribution in [2.24, 2.45) is 0 Å². The van der Waals surface area contributed by atoms with Gasteiger partial charge in [0, 0.05) is 16.8 Å². The van der Waals surface area contributed by atoms with Gasteiger partial charge in [-0.05, 0) is 43.3 Å². The fourth-order valence-corrected chi connectivity index (χ4v) is 2.05. The Balaban J connectivity index is 2.45. The molecule has 0 saturated heterocycles. The van der Waals surface area contributed by atoms with Crippen molar-refractivity contribution < 1.29 is 24.2 Å². The number of hydrogen-bond donors (Lipinski definition) is 2. The maximum atomic E-state index is 12.4. The minimum atomic E-state index is -1.26. The van der Waals surface area contributed by atoms with Crippen LogP contribution in [0.1, 0.15) is 43.6 Å². The summed E-state index contributed by atoms with van der Waals surface area (Å²) in [4.78, 5) is 35.6. The highest BCUT2D eigenvalue weighted by molar-refractivity contribution is 6.11. The number of carboxylic acid groups (broad SMARTS) is 1. The summed E-state index contributed by atoms with van der Waals surface area (Å²) >= 11 is 0. The first-order chi connectivity index (χ1) is 10.9. The molecule has 0 aliphatic rings. The third-order valence-electron chi connectivity index (χ3n) is 3.18. The third kappa shape index (κ3) is 3.55. The summed E-state index contributed by atoms with van der Waals surface area (Å²) in [5.41, 5.74) is 6.32. The number of esters is 1. The molecule has 2 rings (SSSR count). The van der Waals surface area contributed by atoms with Crippen molar-refractivity contribution in [1.82, 2.24) is 0 Å². The second kappa shape index (κ2) is 6.74. The maximum Gasteiger partial charge on any atom is 0.339 e. The molecule has 0 heterocycles. The number of aromatic carboxylic acids is 1. The Kier molecular flexibility index (Phi) is 4.75. The molecule has 0 unspecified atom stereocenters. The Labute approximate surface area is 132 Å². The lowest BCUT2D eigenvalue weighted by atomic mass is 9.98. The molecule has 0 aliphatic carbocycles. The topological polar surface area (TPSA) is 107 Å². The Morgan fingerprint density at radius 1 is 1.00 bits per heavy atom. The fourth-order valence-electron chi connectivity index (χ4n) is 2.05. The summed E-state index contributed by atoms with van der Waals surface area (Å²) in [5, 5.41) is 9.15. The summed E-state index contributed by atoms with van der Waals surface area (Å²) in [5.74, 6) is -2.39. The highest BCUT2D eigenvalue weighted by atomic mass is 16.5. The van der Waals surface area contributed by atoms with E-state index in [1.165, 1.54) is 18.2 Å². The van der Waals surface area contributed by atoms with Crippen molar-refractivity contribution in [3.63, 3.8) is 0 Å². The number of nitrogen functional groups attached to an aromatic ring is 1. The zero-order valence-electron chi connectivity index (χ0n) is 12.4. The number of ketones is 1. The van der Waals surface area contributed by atoms with Crippen molar-refractivity contribution in [1.29, 1.82) is 0 Å². The summed E-state index contributed by atoms with van der Waals surface area (Å²) in [6, 6.07) is 10.1. The largest absolute Gasteiger partial charge is 0.478 e. The Morgan fingerprint density at radius 3 is 2.17 bits per heavy atom. The van der Waals surface area contributed by atoms with Gasteiger partial charge in [0.25, 0.3) is 0 Å². The van der Waals surface area contributed by atoms with Gasteiger partial charge in [-0.25, -0.2) is 9.59 Å². The molecule has 6 heteroatoms. The van der Waals surface area contributed by atoms with E-state index in [2.05, 4.69) is 0 Å². The number of rotatable bonds is 5. The SMILES string of the molecule is CCOC(=O)c1cc(C(=O)c2ccc(N)cc2)ccc1C(=O)O. The lowest BCUT2D eigenvalue weighted by Crippen LogP contribution is -2.13. The fraction of sp³-hybridized carbons (Fsp3) is 0.118. The molecule has 23 heavy (non-hydrogen) atoms. The molecular formula is C17H15NO5. The van der Waals surface area contributed by atoms with Crippen LogP contribution in [0.25, 0.3) is 0 Å². The van der Waals surface area contributed by atoms with Crippen molar-refractivity contribution in [3.05, 3.63) is 64.7 Å². The van der Waals surface area contributed by atoms with E-state index in [4.69, 9.17) is 15.6 Å². The molecule has 0 aromatic heterocycles. The molecule has 6 nitrogen and oxygen atoms in total. The zero-order chi connectivity index (χ0) is 17.0. The van der Waals surface area contributed by atoms with Crippen LogP contribution in [0.3, 0.4) is 0 Å². The molecule has 0 bridgehead atoms. The van der Waals surface area contributed by atoms with Crippen LogP contribution in [0.4, 0.5) is 5.69 Å². The highest BCUT2D eigenvalue weighted by Gasteiger charge is 2.20. The molecule has 0 aliphatic heterocycles. The van der Waals surface area contributed by atoms with Crippen LogP contribution in [0.2, 0.25) is 0 Å². The smallest absolute Gasteiger partial charge is 0.339 e. The first-order valence-corrected chi connectivity index (χ1v) is 6.88. The van der Waals surface area contributed by atoms with E-state index >= 15 is 0 Å². The zero-order valence-corrected chi connectivity index (χ0v) is 12.4. The predicted octanol–water partition coefficient (Wildman–Crippen LogP) is 2.37. The molecular weight excluding hydrogens is 298 g/mol. The minimum Gasteiger partial charge on any atom is -0.478 e. The summed E-state index contributed by atoms with van der Waals surface area (Å²) < 4.78 is 4.84. The van der Waals surface area contributed by atoms with E-state index < -0.39 is 11.9 Å². The second-order valence-corrected chi connectivity index (χ2v) is 4.74. The molecule has 118 valence electrons. The lowest BCUT2D eigenvalue weighted by molar-refractivity contribution is 0.0514. The van der Waals surface area contributed by atoms with Crippen molar-refractivity contribution in [2.75, 3.05) is 12.3 Å². The number of nitrogens with two attached hydrogens (primary N) is 1. The maximum absolute atomic E-state index is 12.4. The van der Waals surface area contributed by atoms with Gasteiger partial charge in [-0.3, -0.25) is 4.79 Å². The molecule has 0 amide bonds. The predicted molar refractivity (Wildman–Crippen MR) is 83.6 cm³/mol. The van der Waals surface area contributed by atoms with Gasteiger partial charge in [-0.2, -0.15) is 0 Å². The van der Waals surface area contributed by atoms with Crippen LogP contribution in [0.15, 0.2) is 42.5 Å². The molecule has 2 aromatic rings. The molecule has 0 radical (unpaired) electrons. The number of carbonyl (C=O) groups is 3. The summed E-state index contributed by atoms with van der Waals surface area (Å²) in [6.07, 6.45) is 0. The van der Waals surface area contributed by atoms with Crippen molar-refractivity contribution in [2.45, 2.75) is 6.92 Å². The summed E-state index contributed by atoms with van der Waals surface area (Å²) in [7, 11) is 0. The standard InChI is InChI=1S/C17H15NO5/c1-2-23-17(22)14-9-11(5-8-13(14)16(20)21)15(19)10-3-6-12(18)7-4-10/h3-9H,2,18H2,1H3,(H,20,21). The van der Waals surface area contributed by atoms with Gasteiger partial charge in [0.1, 0.15) is 0 Å². The number of carboxylic acids is 1. The Bertz CT molecular complexity index is 765. The van der Waals surface area contributed by atoms with Gasteiger partial charge in [-0.15, -0.1) is 0 Å². The third-order valence-corrected chi connectivity index (χ3v) is 3.18. The van der Waals surface area contributed by atoms with Gasteiger partial charge in [-0.1, -0.05) is 6.07 Å². The number of carbonyl (C=O) groups excluding carboxylic acids is 2. The van der Waals surface area contributed by atoms with Gasteiger partial charge >= 0.3 is 11.9 Å². The van der Waals surface area contributed by atoms with E-state index in [-0.39, 0.29) is 29.1 Å². The van der Waals surface area contributed by atoms with Crippen LogP contribution < -0.4 is 5.73 Å². The van der Waals surface area contributed by atoms with E-state index in [9.17, 15) is 14.4 Å². The van der Waals surface area contributed by atoms with Crippen LogP contribution in [0.5, 0.6) is 0 Å². The molecule has 3 N–H and O–H groups in total. The van der Waals surface area contributed by atoms with Crippen LogP contribution >= 0.6 is 0 Å². The molecule has 0 saturated carbocycles. The molecule has 0 atom stereocenters. The lowest BCUT2D eigenvalue weighted by Gasteiger charge is -2.08. The number of ether oxygens (including phenoxy) is 1. The van der Waals surface area contributed by atoms with Crippen LogP contribution in [-0.2, 0) is 4.74 Å². The van der Waals surface area contributed by atoms with Crippen LogP contribution in [-0.4, -0.2) is 29.4 Å². The average molecular weight is 313 g/mol. The normalized spacial score (nSPS) is 10.1. The van der Waals surface area contributed by atoms with Crippen molar-refractivity contribution in [3.8, 4) is 0 Å². The van der Waals surface area contributed by atoms with Gasteiger partial charge < -0.3 is 15.6 Å². The molecule has 0 spiro atoms. The highest BCUT2D eigenvalue weighted by Crippen LogP contribution is 2.18. The van der Waals surface area contributed by atoms with E-state index in [1.807, 2.05) is 0 Å². The minimum absolute atomic E-state index is 0.105. The van der Waals surface area contributed by atoms with E-state index in [0.717, 1.165) is 0 Å². The van der Waals surface area contributed by atoms with Gasteiger partial charge in [0.2, 0.25) is 0 Å². The van der Waals surface area contributed by atoms with Gasteiger partial charge in [0.15, 0.2) is 5.78 Å². The first kappa shape index (κ1) is 16.2. The monoisotopic (exact) mass is 313 g/mol. The average Bonchev–Trinajstić information content (AvgIpc) is 2.54. The quantitative estimate of drug-likeness (QED) is 0.498. The van der Waals surface area contributed by atoms with Gasteiger partial charge in [0.05, 0.1) is 17.7 Å². The first-order valence-electron chi connectivity index (χ1n) is 6.88. The molecule has 0 fully saturated rings.